The second-order valence-electron chi connectivity index (χ2n) is 4.52. The summed E-state index contributed by atoms with van der Waals surface area (Å²) in [5.41, 5.74) is 1.14. The molecule has 0 saturated heterocycles. The second kappa shape index (κ2) is 8.69. The lowest BCUT2D eigenvalue weighted by Crippen LogP contribution is -2.26. The summed E-state index contributed by atoms with van der Waals surface area (Å²) < 4.78 is 5.26. The molecule has 1 heterocycles. The first-order valence-corrected chi connectivity index (χ1v) is 7.09. The van der Waals surface area contributed by atoms with E-state index in [0.29, 0.717) is 12.6 Å². The zero-order valence-electron chi connectivity index (χ0n) is 12.5. The summed E-state index contributed by atoms with van der Waals surface area (Å²) in [7, 11) is 1.73. The van der Waals surface area contributed by atoms with E-state index in [1.165, 1.54) is 0 Å². The summed E-state index contributed by atoms with van der Waals surface area (Å²) in [6.07, 6.45) is 4.69. The first-order chi connectivity index (χ1) is 9.26. The number of aromatic nitrogens is 2. The predicted molar refractivity (Wildman–Crippen MR) is 79.8 cm³/mol. The molecular formula is C14H26N4O. The molecule has 0 aromatic carbocycles. The van der Waals surface area contributed by atoms with Gasteiger partial charge in [0.05, 0.1) is 12.6 Å². The Morgan fingerprint density at radius 2 is 1.95 bits per heavy atom. The van der Waals surface area contributed by atoms with Crippen molar-refractivity contribution in [2.75, 3.05) is 30.9 Å². The number of nitrogens with one attached hydrogen (secondary N) is 2. The molecule has 0 bridgehead atoms. The largest absolute Gasteiger partial charge is 0.383 e. The minimum Gasteiger partial charge on any atom is -0.383 e. The van der Waals surface area contributed by atoms with Crippen LogP contribution in [0.3, 0.4) is 0 Å². The van der Waals surface area contributed by atoms with E-state index in [0.717, 1.165) is 43.0 Å². The van der Waals surface area contributed by atoms with Gasteiger partial charge in [-0.3, -0.25) is 0 Å². The molecule has 0 aliphatic rings. The lowest BCUT2D eigenvalue weighted by Gasteiger charge is -2.20. The van der Waals surface area contributed by atoms with E-state index in [1.807, 2.05) is 0 Å². The predicted octanol–water partition coefficient (Wildman–Crippen LogP) is 2.70. The Labute approximate surface area is 116 Å². The number of nitrogens with zero attached hydrogens (tertiary/aromatic N) is 2. The monoisotopic (exact) mass is 266 g/mol. The normalized spacial score (nSPS) is 12.2. The highest BCUT2D eigenvalue weighted by Gasteiger charge is 2.13. The van der Waals surface area contributed by atoms with E-state index in [4.69, 9.17) is 4.74 Å². The molecule has 0 spiro atoms. The van der Waals surface area contributed by atoms with Gasteiger partial charge in [-0.05, 0) is 19.8 Å². The van der Waals surface area contributed by atoms with Crippen LogP contribution in [0, 0.1) is 0 Å². The average molecular weight is 266 g/mol. The van der Waals surface area contributed by atoms with Crippen molar-refractivity contribution in [3.05, 3.63) is 11.9 Å². The maximum atomic E-state index is 5.26. The molecule has 5 heteroatoms. The van der Waals surface area contributed by atoms with Crippen molar-refractivity contribution in [3.8, 4) is 0 Å². The van der Waals surface area contributed by atoms with Crippen LogP contribution in [0.25, 0.3) is 0 Å². The lowest BCUT2D eigenvalue weighted by molar-refractivity contribution is 0.182. The topological polar surface area (TPSA) is 59.1 Å². The van der Waals surface area contributed by atoms with Crippen LogP contribution >= 0.6 is 0 Å². The maximum Gasteiger partial charge on any atom is 0.135 e. The minimum atomic E-state index is 0.296. The summed E-state index contributed by atoms with van der Waals surface area (Å²) in [6, 6.07) is 0.296. The quantitative estimate of drug-likeness (QED) is 0.719. The summed E-state index contributed by atoms with van der Waals surface area (Å²) in [5.74, 6) is 1.85. The van der Waals surface area contributed by atoms with Gasteiger partial charge in [0.15, 0.2) is 0 Å². The van der Waals surface area contributed by atoms with Gasteiger partial charge in [-0.25, -0.2) is 9.97 Å². The maximum absolute atomic E-state index is 5.26. The van der Waals surface area contributed by atoms with Crippen molar-refractivity contribution in [2.45, 2.75) is 46.1 Å². The molecule has 0 radical (unpaired) electrons. The SMILES string of the molecule is CCCC(COC)Nc1ncnc(NCC)c1CC. The minimum absolute atomic E-state index is 0.296. The van der Waals surface area contributed by atoms with Gasteiger partial charge < -0.3 is 15.4 Å². The molecule has 0 aliphatic heterocycles. The molecule has 0 saturated carbocycles. The average Bonchev–Trinajstić information content (AvgIpc) is 2.40. The van der Waals surface area contributed by atoms with Crippen LogP contribution in [0.4, 0.5) is 11.6 Å². The van der Waals surface area contributed by atoms with Crippen molar-refractivity contribution < 1.29 is 4.74 Å². The van der Waals surface area contributed by atoms with Gasteiger partial charge in [-0.1, -0.05) is 20.3 Å². The molecule has 0 fully saturated rings. The fourth-order valence-corrected chi connectivity index (χ4v) is 2.13. The summed E-state index contributed by atoms with van der Waals surface area (Å²) >= 11 is 0. The lowest BCUT2D eigenvalue weighted by atomic mass is 10.1. The van der Waals surface area contributed by atoms with Crippen molar-refractivity contribution >= 4 is 11.6 Å². The van der Waals surface area contributed by atoms with Gasteiger partial charge >= 0.3 is 0 Å². The van der Waals surface area contributed by atoms with Gasteiger partial charge in [0.1, 0.15) is 18.0 Å². The number of rotatable bonds is 9. The van der Waals surface area contributed by atoms with Crippen LogP contribution in [-0.4, -0.2) is 36.3 Å². The fourth-order valence-electron chi connectivity index (χ4n) is 2.13. The zero-order chi connectivity index (χ0) is 14.1. The zero-order valence-corrected chi connectivity index (χ0v) is 12.5. The third-order valence-electron chi connectivity index (χ3n) is 2.99. The molecule has 19 heavy (non-hydrogen) atoms. The van der Waals surface area contributed by atoms with Crippen molar-refractivity contribution in [3.63, 3.8) is 0 Å². The van der Waals surface area contributed by atoms with E-state index < -0.39 is 0 Å². The van der Waals surface area contributed by atoms with E-state index >= 15 is 0 Å². The van der Waals surface area contributed by atoms with Crippen LogP contribution in [0.15, 0.2) is 6.33 Å². The second-order valence-corrected chi connectivity index (χ2v) is 4.52. The molecule has 2 N–H and O–H groups in total. The Kier molecular flexibility index (Phi) is 7.18. The fraction of sp³-hybridized carbons (Fsp3) is 0.714. The van der Waals surface area contributed by atoms with Gasteiger partial charge in [0.2, 0.25) is 0 Å². The Balaban J connectivity index is 2.88. The van der Waals surface area contributed by atoms with Crippen LogP contribution in [0.1, 0.15) is 39.2 Å². The molecule has 1 rings (SSSR count). The van der Waals surface area contributed by atoms with E-state index in [9.17, 15) is 0 Å². The molecule has 1 unspecified atom stereocenters. The number of methoxy groups -OCH3 is 1. The number of anilines is 2. The highest BCUT2D eigenvalue weighted by Crippen LogP contribution is 2.21. The van der Waals surface area contributed by atoms with Crippen LogP contribution in [-0.2, 0) is 11.2 Å². The summed E-state index contributed by atoms with van der Waals surface area (Å²) in [6.45, 7) is 7.92. The molecular weight excluding hydrogens is 240 g/mol. The Morgan fingerprint density at radius 3 is 2.53 bits per heavy atom. The first-order valence-electron chi connectivity index (χ1n) is 7.09. The molecule has 0 aliphatic carbocycles. The van der Waals surface area contributed by atoms with E-state index in [-0.39, 0.29) is 0 Å². The number of ether oxygens (including phenoxy) is 1. The van der Waals surface area contributed by atoms with Crippen molar-refractivity contribution in [2.24, 2.45) is 0 Å². The molecule has 5 nitrogen and oxygen atoms in total. The molecule has 108 valence electrons. The molecule has 1 aromatic heterocycles. The Bertz CT molecular complexity index is 364. The van der Waals surface area contributed by atoms with Gasteiger partial charge in [-0.15, -0.1) is 0 Å². The van der Waals surface area contributed by atoms with Crippen molar-refractivity contribution in [1.29, 1.82) is 0 Å². The van der Waals surface area contributed by atoms with Crippen LogP contribution < -0.4 is 10.6 Å². The highest BCUT2D eigenvalue weighted by molar-refractivity contribution is 5.57. The van der Waals surface area contributed by atoms with Gasteiger partial charge in [0.25, 0.3) is 0 Å². The summed E-state index contributed by atoms with van der Waals surface area (Å²) in [5, 5.41) is 6.77. The molecule has 0 amide bonds. The first kappa shape index (κ1) is 15.7. The van der Waals surface area contributed by atoms with Crippen LogP contribution in [0.5, 0.6) is 0 Å². The third kappa shape index (κ3) is 4.67. The Morgan fingerprint density at radius 1 is 1.21 bits per heavy atom. The van der Waals surface area contributed by atoms with Gasteiger partial charge in [0, 0.05) is 19.2 Å². The number of hydrogen-bond donors (Lipinski definition) is 2. The standard InChI is InChI=1S/C14H26N4O/c1-5-8-11(9-19-4)18-14-12(6-2)13(15-7-3)16-10-17-14/h10-11H,5-9H2,1-4H3,(H2,15,16,17,18). The van der Waals surface area contributed by atoms with Crippen LogP contribution in [0.2, 0.25) is 0 Å². The molecule has 1 atom stereocenters. The van der Waals surface area contributed by atoms with E-state index in [1.54, 1.807) is 13.4 Å². The number of hydrogen-bond acceptors (Lipinski definition) is 5. The Hall–Kier alpha value is -1.36. The smallest absolute Gasteiger partial charge is 0.135 e. The molecule has 1 aromatic rings. The van der Waals surface area contributed by atoms with Gasteiger partial charge in [-0.2, -0.15) is 0 Å². The highest BCUT2D eigenvalue weighted by atomic mass is 16.5. The summed E-state index contributed by atoms with van der Waals surface area (Å²) in [4.78, 5) is 8.68. The van der Waals surface area contributed by atoms with Crippen molar-refractivity contribution in [1.82, 2.24) is 9.97 Å². The van der Waals surface area contributed by atoms with E-state index in [2.05, 4.69) is 41.4 Å². The third-order valence-corrected chi connectivity index (χ3v) is 2.99.